The van der Waals surface area contributed by atoms with Crippen LogP contribution in [0.25, 0.3) is 0 Å². The smallest absolute Gasteiger partial charge is 0.307 e. The second-order valence-electron chi connectivity index (χ2n) is 6.02. The summed E-state index contributed by atoms with van der Waals surface area (Å²) in [5.41, 5.74) is 3.72. The summed E-state index contributed by atoms with van der Waals surface area (Å²) in [7, 11) is 0. The van der Waals surface area contributed by atoms with Crippen LogP contribution in [0, 0.1) is 5.92 Å². The predicted octanol–water partition coefficient (Wildman–Crippen LogP) is 1.63. The van der Waals surface area contributed by atoms with Crippen LogP contribution in [-0.4, -0.2) is 31.7 Å². The number of carboxylic acids is 1. The van der Waals surface area contributed by atoms with Gasteiger partial charge >= 0.3 is 5.97 Å². The number of nitrogens with zero attached hydrogens (tertiary/aromatic N) is 3. The van der Waals surface area contributed by atoms with Gasteiger partial charge in [0.25, 0.3) is 0 Å². The maximum atomic E-state index is 11.7. The van der Waals surface area contributed by atoms with Crippen molar-refractivity contribution in [2.45, 2.75) is 45.2 Å². The van der Waals surface area contributed by atoms with E-state index in [1.54, 1.807) is 0 Å². The molecule has 1 aliphatic rings. The summed E-state index contributed by atoms with van der Waals surface area (Å²) in [6, 6.07) is 6.35. The molecule has 2 atom stereocenters. The fraction of sp³-hybridized carbons (Fsp3) is 0.500. The van der Waals surface area contributed by atoms with Gasteiger partial charge in [-0.15, -0.1) is 10.2 Å². The largest absolute Gasteiger partial charge is 0.481 e. The summed E-state index contributed by atoms with van der Waals surface area (Å²) >= 11 is 0. The van der Waals surface area contributed by atoms with E-state index in [4.69, 9.17) is 0 Å². The summed E-state index contributed by atoms with van der Waals surface area (Å²) < 4.78 is 0. The molecule has 0 aliphatic carbocycles. The number of hydrogen-bond donors (Lipinski definition) is 3. The lowest BCUT2D eigenvalue weighted by Gasteiger charge is -2.21. The minimum absolute atomic E-state index is 0.279. The summed E-state index contributed by atoms with van der Waals surface area (Å²) in [5, 5.41) is 27.1. The molecular formula is C16H21N5O2. The number of rotatable bonds is 7. The Morgan fingerprint density at radius 2 is 2.17 bits per heavy atom. The van der Waals surface area contributed by atoms with E-state index in [2.05, 4.69) is 44.1 Å². The highest BCUT2D eigenvalue weighted by Crippen LogP contribution is 2.30. The molecule has 122 valence electrons. The Hall–Kier alpha value is -2.28. The number of benzene rings is 1. The summed E-state index contributed by atoms with van der Waals surface area (Å²) in [6.45, 7) is 3.76. The molecule has 0 saturated carbocycles. The molecule has 0 amide bonds. The van der Waals surface area contributed by atoms with Crippen molar-refractivity contribution in [3.05, 3.63) is 40.7 Å². The minimum atomic E-state index is -0.801. The monoisotopic (exact) mass is 315 g/mol. The van der Waals surface area contributed by atoms with Crippen molar-refractivity contribution in [1.82, 2.24) is 25.9 Å². The number of hydrogen-bond acceptors (Lipinski definition) is 5. The Bertz CT molecular complexity index is 671. The average molecular weight is 315 g/mol. The van der Waals surface area contributed by atoms with Crippen LogP contribution < -0.4 is 5.32 Å². The van der Waals surface area contributed by atoms with Gasteiger partial charge in [-0.05, 0) is 29.5 Å². The van der Waals surface area contributed by atoms with Crippen LogP contribution in [-0.2, 0) is 24.3 Å². The molecule has 1 aromatic carbocycles. The number of nitrogens with one attached hydrogen (secondary N) is 2. The van der Waals surface area contributed by atoms with Gasteiger partial charge in [-0.3, -0.25) is 4.79 Å². The van der Waals surface area contributed by atoms with Crippen molar-refractivity contribution in [3.8, 4) is 0 Å². The van der Waals surface area contributed by atoms with E-state index >= 15 is 0 Å². The van der Waals surface area contributed by atoms with E-state index in [1.165, 1.54) is 11.1 Å². The van der Waals surface area contributed by atoms with E-state index in [9.17, 15) is 9.90 Å². The van der Waals surface area contributed by atoms with Crippen molar-refractivity contribution in [3.63, 3.8) is 0 Å². The topological polar surface area (TPSA) is 104 Å². The van der Waals surface area contributed by atoms with E-state index in [1.807, 2.05) is 6.92 Å². The highest BCUT2D eigenvalue weighted by molar-refractivity contribution is 5.71. The zero-order valence-corrected chi connectivity index (χ0v) is 13.1. The summed E-state index contributed by atoms with van der Waals surface area (Å²) in [5.74, 6) is -1.11. The van der Waals surface area contributed by atoms with E-state index < -0.39 is 11.9 Å². The van der Waals surface area contributed by atoms with Gasteiger partial charge < -0.3 is 10.4 Å². The lowest BCUT2D eigenvalue weighted by molar-refractivity contribution is -0.142. The Labute approximate surface area is 134 Å². The first-order valence-electron chi connectivity index (χ1n) is 7.96. The summed E-state index contributed by atoms with van der Waals surface area (Å²) in [6.07, 6.45) is 2.00. The maximum absolute atomic E-state index is 11.7. The number of H-pyrrole nitrogens is 1. The Morgan fingerprint density at radius 1 is 1.35 bits per heavy atom. The third-order valence-electron chi connectivity index (χ3n) is 4.45. The molecule has 23 heavy (non-hydrogen) atoms. The molecule has 1 aromatic heterocycles. The second-order valence-corrected chi connectivity index (χ2v) is 6.02. The standard InChI is InChI=1S/C16H21N5O2/c1-2-3-13(16(22)23)14(15-18-20-21-19-15)7-10-4-5-11-8-17-9-12(11)6-10/h4-6,13-14,17H,2-3,7-9H2,1H3,(H,22,23)(H,18,19,20,21)/t13-,14-/m0/s1. The third kappa shape index (κ3) is 3.39. The van der Waals surface area contributed by atoms with Crippen LogP contribution in [0.2, 0.25) is 0 Å². The Balaban J connectivity index is 1.88. The molecular weight excluding hydrogens is 294 g/mol. The SMILES string of the molecule is CCC[C@H](C(=O)O)[C@H](Cc1ccc2c(c1)CNC2)c1nn[nH]n1. The Kier molecular flexibility index (Phi) is 4.66. The second kappa shape index (κ2) is 6.87. The van der Waals surface area contributed by atoms with Gasteiger partial charge in [0.15, 0.2) is 5.82 Å². The van der Waals surface area contributed by atoms with Crippen LogP contribution >= 0.6 is 0 Å². The first-order chi connectivity index (χ1) is 11.2. The first-order valence-corrected chi connectivity index (χ1v) is 7.96. The van der Waals surface area contributed by atoms with Crippen molar-refractivity contribution in [1.29, 1.82) is 0 Å². The molecule has 0 spiro atoms. The van der Waals surface area contributed by atoms with E-state index in [-0.39, 0.29) is 5.92 Å². The fourth-order valence-corrected chi connectivity index (χ4v) is 3.28. The van der Waals surface area contributed by atoms with Crippen LogP contribution in [0.5, 0.6) is 0 Å². The highest BCUT2D eigenvalue weighted by Gasteiger charge is 2.32. The fourth-order valence-electron chi connectivity index (χ4n) is 3.28. The third-order valence-corrected chi connectivity index (χ3v) is 4.45. The van der Waals surface area contributed by atoms with E-state index in [0.717, 1.165) is 25.1 Å². The van der Waals surface area contributed by atoms with E-state index in [0.29, 0.717) is 18.7 Å². The molecule has 7 nitrogen and oxygen atoms in total. The normalized spacial score (nSPS) is 16.0. The molecule has 0 fully saturated rings. The van der Waals surface area contributed by atoms with Gasteiger partial charge in [-0.25, -0.2) is 0 Å². The summed E-state index contributed by atoms with van der Waals surface area (Å²) in [4.78, 5) is 11.7. The molecule has 0 bridgehead atoms. The van der Waals surface area contributed by atoms with Gasteiger partial charge in [0.1, 0.15) is 0 Å². The van der Waals surface area contributed by atoms with Gasteiger partial charge in [0.05, 0.1) is 5.92 Å². The molecule has 2 heterocycles. The highest BCUT2D eigenvalue weighted by atomic mass is 16.4. The predicted molar refractivity (Wildman–Crippen MR) is 83.6 cm³/mol. The molecule has 0 saturated heterocycles. The van der Waals surface area contributed by atoms with Crippen LogP contribution in [0.3, 0.4) is 0 Å². The number of carbonyl (C=O) groups is 1. The van der Waals surface area contributed by atoms with Crippen molar-refractivity contribution >= 4 is 5.97 Å². The van der Waals surface area contributed by atoms with Crippen LogP contribution in [0.4, 0.5) is 0 Å². The quantitative estimate of drug-likeness (QED) is 0.717. The van der Waals surface area contributed by atoms with Crippen molar-refractivity contribution in [2.75, 3.05) is 0 Å². The average Bonchev–Trinajstić information content (AvgIpc) is 3.20. The van der Waals surface area contributed by atoms with Gasteiger partial charge in [0.2, 0.25) is 0 Å². The molecule has 3 rings (SSSR count). The molecule has 0 unspecified atom stereocenters. The van der Waals surface area contributed by atoms with Crippen LogP contribution in [0.1, 0.15) is 48.2 Å². The zero-order valence-electron chi connectivity index (χ0n) is 13.1. The molecule has 7 heteroatoms. The first kappa shape index (κ1) is 15.6. The Morgan fingerprint density at radius 3 is 2.87 bits per heavy atom. The number of aromatic amines is 1. The molecule has 3 N–H and O–H groups in total. The zero-order chi connectivity index (χ0) is 16.2. The number of carboxylic acid groups (broad SMARTS) is 1. The van der Waals surface area contributed by atoms with Gasteiger partial charge in [0, 0.05) is 19.0 Å². The number of tetrazole rings is 1. The van der Waals surface area contributed by atoms with Crippen molar-refractivity contribution < 1.29 is 9.90 Å². The maximum Gasteiger partial charge on any atom is 0.307 e. The van der Waals surface area contributed by atoms with Gasteiger partial charge in [-0.2, -0.15) is 5.21 Å². The lowest BCUT2D eigenvalue weighted by Crippen LogP contribution is -2.25. The molecule has 0 radical (unpaired) electrons. The van der Waals surface area contributed by atoms with Crippen molar-refractivity contribution in [2.24, 2.45) is 5.92 Å². The number of aromatic nitrogens is 4. The van der Waals surface area contributed by atoms with Crippen LogP contribution in [0.15, 0.2) is 18.2 Å². The minimum Gasteiger partial charge on any atom is -0.481 e. The number of aliphatic carboxylic acids is 1. The number of fused-ring (bicyclic) bond motifs is 1. The van der Waals surface area contributed by atoms with Gasteiger partial charge in [-0.1, -0.05) is 36.8 Å². The molecule has 1 aliphatic heterocycles. The molecule has 2 aromatic rings. The lowest BCUT2D eigenvalue weighted by atomic mass is 9.83.